The van der Waals surface area contributed by atoms with Crippen LogP contribution in [0.3, 0.4) is 0 Å². The Morgan fingerprint density at radius 1 is 1.00 bits per heavy atom. The number of nitrogens with one attached hydrogen (secondary N) is 3. The number of hydrogen-bond donors (Lipinski definition) is 3. The zero-order chi connectivity index (χ0) is 23.4. The molecule has 3 N–H and O–H groups in total. The maximum Gasteiger partial charge on any atom is 0.319 e. The van der Waals surface area contributed by atoms with Gasteiger partial charge in [-0.1, -0.05) is 24.3 Å². The number of rotatable bonds is 7. The Balaban J connectivity index is 1.63. The van der Waals surface area contributed by atoms with Crippen molar-refractivity contribution in [3.05, 3.63) is 89.6 Å². The number of para-hydroxylation sites is 1. The molecule has 4 rings (SSSR count). The maximum absolute atomic E-state index is 13.9. The van der Waals surface area contributed by atoms with Crippen molar-refractivity contribution in [3.63, 3.8) is 0 Å². The Bertz CT molecular complexity index is 1290. The van der Waals surface area contributed by atoms with E-state index >= 15 is 0 Å². The van der Waals surface area contributed by atoms with Crippen LogP contribution in [0.4, 0.5) is 19.3 Å². The van der Waals surface area contributed by atoms with Gasteiger partial charge in [0.2, 0.25) is 0 Å². The molecule has 0 aliphatic carbocycles. The molecule has 4 aromatic rings. The Hall–Kier alpha value is -4.07. The van der Waals surface area contributed by atoms with Crippen LogP contribution in [0.5, 0.6) is 11.5 Å². The van der Waals surface area contributed by atoms with Gasteiger partial charge in [0.1, 0.15) is 11.6 Å². The lowest BCUT2D eigenvalue weighted by molar-refractivity contribution is 0.251. The molecule has 6 nitrogen and oxygen atoms in total. The zero-order valence-corrected chi connectivity index (χ0v) is 18.1. The fraction of sp³-hybridized carbons (Fsp3) is 0.160. The fourth-order valence-corrected chi connectivity index (χ4v) is 3.81. The van der Waals surface area contributed by atoms with Crippen molar-refractivity contribution in [2.45, 2.75) is 5.92 Å². The quantitative estimate of drug-likeness (QED) is 0.351. The van der Waals surface area contributed by atoms with E-state index in [1.165, 1.54) is 0 Å². The summed E-state index contributed by atoms with van der Waals surface area (Å²) in [5.74, 6) is -0.477. The van der Waals surface area contributed by atoms with Crippen molar-refractivity contribution in [2.75, 3.05) is 26.1 Å². The predicted molar refractivity (Wildman–Crippen MR) is 123 cm³/mol. The van der Waals surface area contributed by atoms with E-state index in [4.69, 9.17) is 9.47 Å². The van der Waals surface area contributed by atoms with Crippen molar-refractivity contribution in [1.82, 2.24) is 10.3 Å². The van der Waals surface area contributed by atoms with Crippen molar-refractivity contribution in [1.29, 1.82) is 0 Å². The van der Waals surface area contributed by atoms with Gasteiger partial charge in [-0.25, -0.2) is 13.6 Å². The molecule has 0 saturated heterocycles. The number of methoxy groups -OCH3 is 2. The topological polar surface area (TPSA) is 75.4 Å². The Morgan fingerprint density at radius 3 is 2.58 bits per heavy atom. The van der Waals surface area contributed by atoms with Crippen molar-refractivity contribution < 1.29 is 23.0 Å². The molecule has 0 aliphatic rings. The van der Waals surface area contributed by atoms with Gasteiger partial charge in [-0.3, -0.25) is 0 Å². The number of fused-ring (bicyclic) bond motifs is 1. The second kappa shape index (κ2) is 9.60. The van der Waals surface area contributed by atoms with Gasteiger partial charge >= 0.3 is 6.03 Å². The molecule has 2 amide bonds. The monoisotopic (exact) mass is 451 g/mol. The molecule has 1 atom stereocenters. The molecular formula is C25H23F2N3O3. The van der Waals surface area contributed by atoms with E-state index in [1.54, 1.807) is 20.3 Å². The minimum Gasteiger partial charge on any atom is -0.493 e. The number of amides is 2. The van der Waals surface area contributed by atoms with Gasteiger partial charge in [0.15, 0.2) is 11.5 Å². The number of carbonyl (C=O) groups is 1. The Kier molecular flexibility index (Phi) is 6.44. The van der Waals surface area contributed by atoms with E-state index in [0.717, 1.165) is 40.2 Å². The number of ether oxygens (including phenoxy) is 2. The van der Waals surface area contributed by atoms with Crippen LogP contribution in [0.25, 0.3) is 10.9 Å². The molecule has 0 radical (unpaired) electrons. The van der Waals surface area contributed by atoms with Gasteiger partial charge < -0.3 is 25.1 Å². The van der Waals surface area contributed by atoms with Crippen LogP contribution in [0.2, 0.25) is 0 Å². The lowest BCUT2D eigenvalue weighted by Crippen LogP contribution is -2.33. The summed E-state index contributed by atoms with van der Waals surface area (Å²) in [7, 11) is 3.12. The second-order valence-electron chi connectivity index (χ2n) is 7.42. The molecule has 3 aromatic carbocycles. The van der Waals surface area contributed by atoms with Gasteiger partial charge in [0, 0.05) is 35.6 Å². The van der Waals surface area contributed by atoms with Gasteiger partial charge in [0.25, 0.3) is 0 Å². The van der Waals surface area contributed by atoms with Crippen molar-refractivity contribution >= 4 is 22.6 Å². The molecule has 0 fully saturated rings. The minimum absolute atomic E-state index is 0.195. The van der Waals surface area contributed by atoms with Gasteiger partial charge in [0.05, 0.1) is 19.9 Å². The largest absolute Gasteiger partial charge is 0.493 e. The zero-order valence-electron chi connectivity index (χ0n) is 18.1. The third-order valence-corrected chi connectivity index (χ3v) is 5.45. The van der Waals surface area contributed by atoms with Gasteiger partial charge in [-0.05, 0) is 41.5 Å². The minimum atomic E-state index is -0.723. The Labute approximate surface area is 189 Å². The SMILES string of the molecule is COc1ccc([C@@H](CNC(=O)Nc2cc(F)ccc2F)c2c[nH]c3ccccc23)cc1OC. The van der Waals surface area contributed by atoms with Crippen molar-refractivity contribution in [3.8, 4) is 11.5 Å². The second-order valence-corrected chi connectivity index (χ2v) is 7.42. The first-order chi connectivity index (χ1) is 16.0. The smallest absolute Gasteiger partial charge is 0.319 e. The average Bonchev–Trinajstić information content (AvgIpc) is 3.25. The fourth-order valence-electron chi connectivity index (χ4n) is 3.81. The summed E-state index contributed by atoms with van der Waals surface area (Å²) >= 11 is 0. The highest BCUT2D eigenvalue weighted by Crippen LogP contribution is 2.35. The van der Waals surface area contributed by atoms with E-state index in [9.17, 15) is 13.6 Å². The first-order valence-corrected chi connectivity index (χ1v) is 10.3. The van der Waals surface area contributed by atoms with Crippen LogP contribution in [-0.4, -0.2) is 31.8 Å². The van der Waals surface area contributed by atoms with E-state index in [1.807, 2.05) is 42.6 Å². The molecule has 1 aromatic heterocycles. The molecule has 0 aliphatic heterocycles. The highest BCUT2D eigenvalue weighted by Gasteiger charge is 2.21. The van der Waals surface area contributed by atoms with Crippen LogP contribution in [-0.2, 0) is 0 Å². The van der Waals surface area contributed by atoms with Crippen molar-refractivity contribution in [2.24, 2.45) is 0 Å². The number of carbonyl (C=O) groups excluding carboxylic acids is 1. The molecule has 0 spiro atoms. The number of hydrogen-bond acceptors (Lipinski definition) is 3. The standard InChI is InChI=1S/C25H23F2N3O3/c1-32-23-10-7-15(11-24(23)33-2)18(19-14-28-21-6-4-3-5-17(19)21)13-29-25(31)30-22-12-16(26)8-9-20(22)27/h3-12,14,18,28H,13H2,1-2H3,(H2,29,30,31)/t18-/m1/s1. The lowest BCUT2D eigenvalue weighted by atomic mass is 9.90. The number of urea groups is 1. The van der Waals surface area contributed by atoms with E-state index in [-0.39, 0.29) is 18.2 Å². The average molecular weight is 451 g/mol. The highest BCUT2D eigenvalue weighted by atomic mass is 19.1. The number of aromatic nitrogens is 1. The van der Waals surface area contributed by atoms with Crippen LogP contribution in [0.1, 0.15) is 17.0 Å². The molecular weight excluding hydrogens is 428 g/mol. The van der Waals surface area contributed by atoms with Crippen LogP contribution >= 0.6 is 0 Å². The normalized spacial score (nSPS) is 11.8. The summed E-state index contributed by atoms with van der Waals surface area (Å²) in [6.07, 6.45) is 1.90. The maximum atomic E-state index is 13.9. The number of halogens is 2. The number of benzene rings is 3. The molecule has 0 saturated carbocycles. The number of anilines is 1. The van der Waals surface area contributed by atoms with E-state index in [0.29, 0.717) is 11.5 Å². The summed E-state index contributed by atoms with van der Waals surface area (Å²) in [5, 5.41) is 6.14. The van der Waals surface area contributed by atoms with Gasteiger partial charge in [-0.15, -0.1) is 0 Å². The highest BCUT2D eigenvalue weighted by molar-refractivity contribution is 5.89. The van der Waals surface area contributed by atoms with Crippen LogP contribution in [0, 0.1) is 11.6 Å². The lowest BCUT2D eigenvalue weighted by Gasteiger charge is -2.20. The molecule has 1 heterocycles. The summed E-state index contributed by atoms with van der Waals surface area (Å²) in [6, 6.07) is 15.6. The molecule has 170 valence electrons. The molecule has 0 bridgehead atoms. The van der Waals surface area contributed by atoms with E-state index < -0.39 is 17.7 Å². The molecule has 0 unspecified atom stereocenters. The third-order valence-electron chi connectivity index (χ3n) is 5.45. The molecule has 33 heavy (non-hydrogen) atoms. The third kappa shape index (κ3) is 4.74. The van der Waals surface area contributed by atoms with Crippen LogP contribution in [0.15, 0.2) is 66.9 Å². The predicted octanol–water partition coefficient (Wildman–Crippen LogP) is 5.42. The number of aromatic amines is 1. The summed E-state index contributed by atoms with van der Waals surface area (Å²) in [6.45, 7) is 0.195. The van der Waals surface area contributed by atoms with E-state index in [2.05, 4.69) is 15.6 Å². The first kappa shape index (κ1) is 22.1. The summed E-state index contributed by atoms with van der Waals surface area (Å²) in [5.41, 5.74) is 2.58. The number of H-pyrrole nitrogens is 1. The Morgan fingerprint density at radius 2 is 1.79 bits per heavy atom. The first-order valence-electron chi connectivity index (χ1n) is 10.3. The van der Waals surface area contributed by atoms with Crippen LogP contribution < -0.4 is 20.1 Å². The molecule has 8 heteroatoms. The summed E-state index contributed by atoms with van der Waals surface area (Å²) in [4.78, 5) is 15.8. The summed E-state index contributed by atoms with van der Waals surface area (Å²) < 4.78 is 38.1. The van der Waals surface area contributed by atoms with Gasteiger partial charge in [-0.2, -0.15) is 0 Å².